The minimum atomic E-state index is -1.02. The number of nitrogens with one attached hydrogen (secondary N) is 1. The summed E-state index contributed by atoms with van der Waals surface area (Å²) >= 11 is 0. The zero-order valence-corrected chi connectivity index (χ0v) is 15.4. The fraction of sp³-hybridized carbons (Fsp3) is 0.263. The maximum absolute atomic E-state index is 12.4. The number of carboxylic acid groups (broad SMARTS) is 1. The third-order valence-corrected chi connectivity index (χ3v) is 4.40. The molecule has 2 N–H and O–H groups in total. The first-order valence-electron chi connectivity index (χ1n) is 8.53. The lowest BCUT2D eigenvalue weighted by atomic mass is 10.1. The fourth-order valence-electron chi connectivity index (χ4n) is 2.65. The van der Waals surface area contributed by atoms with E-state index in [9.17, 15) is 9.59 Å². The molecular weight excluding hydrogens is 346 g/mol. The Morgan fingerprint density at radius 2 is 1.93 bits per heavy atom. The highest BCUT2D eigenvalue weighted by Crippen LogP contribution is 2.15. The molecule has 2 heterocycles. The van der Waals surface area contributed by atoms with Gasteiger partial charge in [-0.15, -0.1) is 0 Å². The molecule has 0 aliphatic heterocycles. The van der Waals surface area contributed by atoms with Gasteiger partial charge in [0.05, 0.1) is 6.54 Å². The Balaban J connectivity index is 1.72. The molecule has 140 valence electrons. The van der Waals surface area contributed by atoms with E-state index in [0.717, 1.165) is 11.3 Å². The minimum Gasteiger partial charge on any atom is -0.480 e. The molecule has 3 aromatic rings. The van der Waals surface area contributed by atoms with Gasteiger partial charge in [-0.25, -0.2) is 4.79 Å². The number of carbonyl (C=O) groups excluding carboxylic acids is 1. The Bertz CT molecular complexity index is 989. The molecule has 0 radical (unpaired) electrons. The second-order valence-corrected chi connectivity index (χ2v) is 6.40. The molecule has 0 spiro atoms. The van der Waals surface area contributed by atoms with Crippen LogP contribution in [0, 0.1) is 13.8 Å². The monoisotopic (exact) mass is 367 g/mol. The van der Waals surface area contributed by atoms with Gasteiger partial charge in [0, 0.05) is 18.0 Å². The van der Waals surface area contributed by atoms with E-state index < -0.39 is 17.9 Å². The van der Waals surface area contributed by atoms with E-state index in [2.05, 4.69) is 15.5 Å². The Morgan fingerprint density at radius 3 is 2.63 bits per heavy atom. The maximum Gasteiger partial charge on any atom is 0.328 e. The minimum absolute atomic E-state index is 0.134. The van der Waals surface area contributed by atoms with Gasteiger partial charge in [0.15, 0.2) is 11.5 Å². The van der Waals surface area contributed by atoms with Crippen molar-refractivity contribution in [3.63, 3.8) is 0 Å². The zero-order valence-electron chi connectivity index (χ0n) is 15.4. The van der Waals surface area contributed by atoms with Gasteiger partial charge in [0.2, 0.25) is 0 Å². The second kappa shape index (κ2) is 7.45. The van der Waals surface area contributed by atoms with Crippen LogP contribution in [0.5, 0.6) is 0 Å². The van der Waals surface area contributed by atoms with E-state index in [-0.39, 0.29) is 5.69 Å². The molecule has 2 aromatic heterocycles. The number of benzene rings is 1. The number of rotatable bonds is 6. The topological polar surface area (TPSA) is 102 Å². The number of carbonyl (C=O) groups is 2. The van der Waals surface area contributed by atoms with Crippen molar-refractivity contribution in [3.05, 3.63) is 65.1 Å². The van der Waals surface area contributed by atoms with Crippen LogP contribution in [0.4, 0.5) is 5.82 Å². The molecule has 1 unspecified atom stereocenters. The molecule has 0 fully saturated rings. The first kappa shape index (κ1) is 18.4. The molecule has 1 amide bonds. The quantitative estimate of drug-likeness (QED) is 0.697. The van der Waals surface area contributed by atoms with E-state index in [0.29, 0.717) is 12.4 Å². The van der Waals surface area contributed by atoms with E-state index in [1.807, 2.05) is 42.8 Å². The summed E-state index contributed by atoms with van der Waals surface area (Å²) in [6.45, 7) is 6.07. The molecule has 3 rings (SSSR count). The molecule has 1 atom stereocenters. The number of hydrogen-bond donors (Lipinski definition) is 2. The van der Waals surface area contributed by atoms with Crippen molar-refractivity contribution in [2.45, 2.75) is 33.4 Å². The standard InChI is InChI=1S/C19H21N5O3/c1-12-6-4-5-7-15(12)11-24-13(2)10-17(22-24)20-18(25)16-8-9-23(21-16)14(3)19(26)27/h4-10,14H,11H2,1-3H3,(H,26,27)(H,20,22,25). The number of amides is 1. The second-order valence-electron chi connectivity index (χ2n) is 6.40. The highest BCUT2D eigenvalue weighted by atomic mass is 16.4. The number of aliphatic carboxylic acids is 1. The molecule has 1 aromatic carbocycles. The lowest BCUT2D eigenvalue weighted by molar-refractivity contribution is -0.140. The van der Waals surface area contributed by atoms with Crippen LogP contribution in [-0.2, 0) is 11.3 Å². The largest absolute Gasteiger partial charge is 0.480 e. The van der Waals surface area contributed by atoms with Crippen LogP contribution in [0.1, 0.15) is 40.3 Å². The Labute approximate surface area is 156 Å². The van der Waals surface area contributed by atoms with Crippen molar-refractivity contribution in [1.82, 2.24) is 19.6 Å². The number of carboxylic acids is 1. The third-order valence-electron chi connectivity index (χ3n) is 4.40. The predicted molar refractivity (Wildman–Crippen MR) is 99.8 cm³/mol. The first-order valence-corrected chi connectivity index (χ1v) is 8.53. The van der Waals surface area contributed by atoms with Gasteiger partial charge < -0.3 is 10.4 Å². The maximum atomic E-state index is 12.4. The van der Waals surface area contributed by atoms with Crippen LogP contribution in [-0.4, -0.2) is 36.5 Å². The van der Waals surface area contributed by atoms with Crippen LogP contribution in [0.15, 0.2) is 42.6 Å². The predicted octanol–water partition coefficient (Wildman–Crippen LogP) is 2.64. The molecule has 0 bridgehead atoms. The van der Waals surface area contributed by atoms with Crippen molar-refractivity contribution < 1.29 is 14.7 Å². The van der Waals surface area contributed by atoms with Crippen molar-refractivity contribution in [2.24, 2.45) is 0 Å². The zero-order chi connectivity index (χ0) is 19.6. The average Bonchev–Trinajstić information content (AvgIpc) is 3.23. The number of nitrogens with zero attached hydrogens (tertiary/aromatic N) is 4. The van der Waals surface area contributed by atoms with E-state index in [1.54, 1.807) is 6.07 Å². The average molecular weight is 367 g/mol. The van der Waals surface area contributed by atoms with Crippen molar-refractivity contribution >= 4 is 17.7 Å². The van der Waals surface area contributed by atoms with Crippen molar-refractivity contribution in [3.8, 4) is 0 Å². The van der Waals surface area contributed by atoms with Gasteiger partial charge in [-0.3, -0.25) is 14.2 Å². The van der Waals surface area contributed by atoms with E-state index in [4.69, 9.17) is 5.11 Å². The molecule has 0 aliphatic rings. The summed E-state index contributed by atoms with van der Waals surface area (Å²) < 4.78 is 3.06. The highest BCUT2D eigenvalue weighted by molar-refractivity contribution is 6.02. The highest BCUT2D eigenvalue weighted by Gasteiger charge is 2.18. The third kappa shape index (κ3) is 4.05. The number of hydrogen-bond acceptors (Lipinski definition) is 4. The normalized spacial score (nSPS) is 12.0. The van der Waals surface area contributed by atoms with E-state index in [1.165, 1.54) is 29.4 Å². The lowest BCUT2D eigenvalue weighted by Gasteiger charge is -2.07. The van der Waals surface area contributed by atoms with Crippen molar-refractivity contribution in [1.29, 1.82) is 0 Å². The number of anilines is 1. The van der Waals surface area contributed by atoms with Crippen molar-refractivity contribution in [2.75, 3.05) is 5.32 Å². The van der Waals surface area contributed by atoms with Gasteiger partial charge in [0.1, 0.15) is 6.04 Å². The van der Waals surface area contributed by atoms with Gasteiger partial charge >= 0.3 is 5.97 Å². The summed E-state index contributed by atoms with van der Waals surface area (Å²) in [6.07, 6.45) is 1.47. The molecular formula is C19H21N5O3. The van der Waals surface area contributed by atoms with Crippen LogP contribution in [0.3, 0.4) is 0 Å². The molecule has 0 saturated carbocycles. The summed E-state index contributed by atoms with van der Waals surface area (Å²) in [5.74, 6) is -1.03. The summed E-state index contributed by atoms with van der Waals surface area (Å²) in [5, 5.41) is 20.2. The van der Waals surface area contributed by atoms with Gasteiger partial charge in [-0.1, -0.05) is 24.3 Å². The van der Waals surface area contributed by atoms with Crippen LogP contribution >= 0.6 is 0 Å². The molecule has 27 heavy (non-hydrogen) atoms. The van der Waals surface area contributed by atoms with Gasteiger partial charge in [-0.05, 0) is 38.0 Å². The Morgan fingerprint density at radius 1 is 1.19 bits per heavy atom. The smallest absolute Gasteiger partial charge is 0.328 e. The summed E-state index contributed by atoms with van der Waals surface area (Å²) in [4.78, 5) is 23.4. The molecule has 0 saturated heterocycles. The Hall–Kier alpha value is -3.42. The van der Waals surface area contributed by atoms with Gasteiger partial charge in [-0.2, -0.15) is 10.2 Å². The molecule has 8 nitrogen and oxygen atoms in total. The Kier molecular flexibility index (Phi) is 5.07. The summed E-state index contributed by atoms with van der Waals surface area (Å²) in [7, 11) is 0. The van der Waals surface area contributed by atoms with E-state index >= 15 is 0 Å². The molecule has 8 heteroatoms. The van der Waals surface area contributed by atoms with Crippen LogP contribution in [0.2, 0.25) is 0 Å². The fourth-order valence-corrected chi connectivity index (χ4v) is 2.65. The van der Waals surface area contributed by atoms with Gasteiger partial charge in [0.25, 0.3) is 5.91 Å². The lowest BCUT2D eigenvalue weighted by Crippen LogP contribution is -2.18. The molecule has 0 aliphatic carbocycles. The van der Waals surface area contributed by atoms with Crippen LogP contribution < -0.4 is 5.32 Å². The number of aromatic nitrogens is 4. The summed E-state index contributed by atoms with van der Waals surface area (Å²) in [6, 6.07) is 10.5. The first-order chi connectivity index (χ1) is 12.8. The summed E-state index contributed by atoms with van der Waals surface area (Å²) in [5.41, 5.74) is 3.38. The SMILES string of the molecule is Cc1ccccc1Cn1nc(NC(=O)c2ccn(C(C)C(=O)O)n2)cc1C. The number of aryl methyl sites for hydroxylation is 2. The van der Waals surface area contributed by atoms with Crippen LogP contribution in [0.25, 0.3) is 0 Å².